The second-order valence-corrected chi connectivity index (χ2v) is 6.28. The SMILES string of the molecule is CC(=O)c1ccc(C(=O)N2Cc3cccn3Cc3ccccc32)cc1. The quantitative estimate of drug-likeness (QED) is 0.669. The summed E-state index contributed by atoms with van der Waals surface area (Å²) in [6, 6.07) is 18.9. The highest BCUT2D eigenvalue weighted by molar-refractivity contribution is 6.07. The Morgan fingerprint density at radius 3 is 2.32 bits per heavy atom. The van der Waals surface area contributed by atoms with Gasteiger partial charge in [0.1, 0.15) is 0 Å². The molecule has 0 aliphatic carbocycles. The summed E-state index contributed by atoms with van der Waals surface area (Å²) in [4.78, 5) is 26.4. The molecule has 2 aromatic carbocycles. The van der Waals surface area contributed by atoms with E-state index in [1.165, 1.54) is 6.92 Å². The number of anilines is 1. The molecule has 0 bridgehead atoms. The maximum Gasteiger partial charge on any atom is 0.258 e. The van der Waals surface area contributed by atoms with Crippen LogP contribution in [0.3, 0.4) is 0 Å². The van der Waals surface area contributed by atoms with E-state index in [1.54, 1.807) is 24.3 Å². The molecule has 124 valence electrons. The monoisotopic (exact) mass is 330 g/mol. The molecule has 0 fully saturated rings. The normalized spacial score (nSPS) is 12.9. The molecule has 0 N–H and O–H groups in total. The Labute approximate surface area is 146 Å². The van der Waals surface area contributed by atoms with Crippen LogP contribution in [0.5, 0.6) is 0 Å². The van der Waals surface area contributed by atoms with Crippen LogP contribution in [-0.4, -0.2) is 16.3 Å². The molecule has 1 aliphatic rings. The summed E-state index contributed by atoms with van der Waals surface area (Å²) in [5.74, 6) is -0.0610. The highest BCUT2D eigenvalue weighted by atomic mass is 16.2. The first-order valence-electron chi connectivity index (χ1n) is 8.28. The molecule has 4 rings (SSSR count). The van der Waals surface area contributed by atoms with Gasteiger partial charge in [-0.2, -0.15) is 0 Å². The maximum atomic E-state index is 13.2. The predicted octanol–water partition coefficient (Wildman–Crippen LogP) is 3.90. The third-order valence-corrected chi connectivity index (χ3v) is 4.65. The minimum Gasteiger partial charge on any atom is -0.345 e. The number of rotatable bonds is 2. The van der Waals surface area contributed by atoms with Crippen LogP contribution >= 0.6 is 0 Å². The molecule has 0 atom stereocenters. The van der Waals surface area contributed by atoms with Crippen LogP contribution in [0.4, 0.5) is 5.69 Å². The zero-order valence-corrected chi connectivity index (χ0v) is 14.0. The minimum atomic E-state index is -0.0581. The fourth-order valence-electron chi connectivity index (χ4n) is 3.27. The zero-order chi connectivity index (χ0) is 17.4. The number of Topliss-reactive ketones (excluding diaryl/α,β-unsaturated/α-hetero) is 1. The molecule has 1 amide bonds. The maximum absolute atomic E-state index is 13.2. The molecule has 0 saturated heterocycles. The number of para-hydroxylation sites is 1. The summed E-state index contributed by atoms with van der Waals surface area (Å²) in [5, 5.41) is 0. The van der Waals surface area contributed by atoms with E-state index in [9.17, 15) is 9.59 Å². The van der Waals surface area contributed by atoms with Crippen molar-refractivity contribution in [2.45, 2.75) is 20.0 Å². The van der Waals surface area contributed by atoms with E-state index in [4.69, 9.17) is 0 Å². The van der Waals surface area contributed by atoms with Crippen molar-refractivity contribution in [2.24, 2.45) is 0 Å². The Balaban J connectivity index is 1.75. The van der Waals surface area contributed by atoms with Crippen molar-refractivity contribution in [2.75, 3.05) is 4.90 Å². The predicted molar refractivity (Wildman–Crippen MR) is 96.9 cm³/mol. The highest BCUT2D eigenvalue weighted by Crippen LogP contribution is 2.29. The smallest absolute Gasteiger partial charge is 0.258 e. The summed E-state index contributed by atoms with van der Waals surface area (Å²) >= 11 is 0. The van der Waals surface area contributed by atoms with Gasteiger partial charge in [0.05, 0.1) is 6.54 Å². The van der Waals surface area contributed by atoms with E-state index >= 15 is 0 Å². The molecular formula is C21H18N2O2. The lowest BCUT2D eigenvalue weighted by molar-refractivity contribution is 0.0981. The summed E-state index contributed by atoms with van der Waals surface area (Å²) in [6.07, 6.45) is 2.04. The van der Waals surface area contributed by atoms with Gasteiger partial charge in [-0.1, -0.05) is 30.3 Å². The van der Waals surface area contributed by atoms with Gasteiger partial charge in [0.15, 0.2) is 5.78 Å². The number of carbonyl (C=O) groups excluding carboxylic acids is 2. The summed E-state index contributed by atoms with van der Waals surface area (Å²) in [6.45, 7) is 2.80. The van der Waals surface area contributed by atoms with Gasteiger partial charge in [-0.05, 0) is 42.8 Å². The Hall–Kier alpha value is -3.14. The fourth-order valence-corrected chi connectivity index (χ4v) is 3.27. The molecule has 0 radical (unpaired) electrons. The largest absolute Gasteiger partial charge is 0.345 e. The standard InChI is InChI=1S/C21H18N2O2/c1-15(24)16-8-10-17(11-9-16)21(25)23-14-19-6-4-12-22(19)13-18-5-2-3-7-20(18)23/h2-12H,13-14H2,1H3. The Bertz CT molecular complexity index is 954. The van der Waals surface area contributed by atoms with Crippen LogP contribution in [0.25, 0.3) is 0 Å². The first kappa shape index (κ1) is 15.4. The van der Waals surface area contributed by atoms with Gasteiger partial charge in [-0.25, -0.2) is 0 Å². The molecule has 1 aromatic heterocycles. The van der Waals surface area contributed by atoms with Crippen molar-refractivity contribution in [1.29, 1.82) is 0 Å². The van der Waals surface area contributed by atoms with Crippen molar-refractivity contribution < 1.29 is 9.59 Å². The molecule has 25 heavy (non-hydrogen) atoms. The number of aromatic nitrogens is 1. The van der Waals surface area contributed by atoms with Gasteiger partial charge in [0, 0.05) is 35.2 Å². The average Bonchev–Trinajstić information content (AvgIpc) is 3.00. The van der Waals surface area contributed by atoms with Gasteiger partial charge in [0.2, 0.25) is 0 Å². The molecule has 4 heteroatoms. The van der Waals surface area contributed by atoms with E-state index in [0.29, 0.717) is 17.7 Å². The van der Waals surface area contributed by atoms with Gasteiger partial charge in [-0.15, -0.1) is 0 Å². The van der Waals surface area contributed by atoms with Gasteiger partial charge >= 0.3 is 0 Å². The minimum absolute atomic E-state index is 0.00283. The second-order valence-electron chi connectivity index (χ2n) is 6.28. The Morgan fingerprint density at radius 1 is 0.840 bits per heavy atom. The number of carbonyl (C=O) groups is 2. The lowest BCUT2D eigenvalue weighted by atomic mass is 10.1. The van der Waals surface area contributed by atoms with Crippen LogP contribution in [0.2, 0.25) is 0 Å². The number of benzene rings is 2. The molecule has 1 aliphatic heterocycles. The third kappa shape index (κ3) is 2.76. The van der Waals surface area contributed by atoms with Crippen LogP contribution in [-0.2, 0) is 13.1 Å². The number of hydrogen-bond donors (Lipinski definition) is 0. The average molecular weight is 330 g/mol. The van der Waals surface area contributed by atoms with E-state index in [0.717, 1.165) is 23.5 Å². The number of hydrogen-bond acceptors (Lipinski definition) is 2. The molecule has 0 saturated carbocycles. The molecule has 4 nitrogen and oxygen atoms in total. The highest BCUT2D eigenvalue weighted by Gasteiger charge is 2.24. The van der Waals surface area contributed by atoms with E-state index in [-0.39, 0.29) is 11.7 Å². The number of nitrogens with zero attached hydrogens (tertiary/aromatic N) is 2. The summed E-state index contributed by atoms with van der Waals surface area (Å²) < 4.78 is 2.17. The molecule has 0 unspecified atom stereocenters. The van der Waals surface area contributed by atoms with Gasteiger partial charge < -0.3 is 9.47 Å². The first-order valence-corrected chi connectivity index (χ1v) is 8.28. The van der Waals surface area contributed by atoms with Crippen LogP contribution < -0.4 is 4.90 Å². The van der Waals surface area contributed by atoms with Crippen molar-refractivity contribution in [3.63, 3.8) is 0 Å². The van der Waals surface area contributed by atoms with E-state index < -0.39 is 0 Å². The Morgan fingerprint density at radius 2 is 1.56 bits per heavy atom. The molecule has 3 aromatic rings. The zero-order valence-electron chi connectivity index (χ0n) is 14.0. The lowest BCUT2D eigenvalue weighted by Gasteiger charge is -2.23. The Kier molecular flexibility index (Phi) is 3.73. The molecule has 0 spiro atoms. The second kappa shape index (κ2) is 6.06. The van der Waals surface area contributed by atoms with E-state index in [1.807, 2.05) is 41.4 Å². The summed E-state index contributed by atoms with van der Waals surface area (Å²) in [7, 11) is 0. The fraction of sp³-hybridized carbons (Fsp3) is 0.143. The number of fused-ring (bicyclic) bond motifs is 2. The molecule has 2 heterocycles. The van der Waals surface area contributed by atoms with Crippen molar-refractivity contribution in [1.82, 2.24) is 4.57 Å². The topological polar surface area (TPSA) is 42.3 Å². The van der Waals surface area contributed by atoms with Crippen molar-refractivity contribution in [3.05, 3.63) is 89.2 Å². The summed E-state index contributed by atoms with van der Waals surface area (Å²) in [5.41, 5.74) is 4.35. The lowest BCUT2D eigenvalue weighted by Crippen LogP contribution is -2.30. The first-order chi connectivity index (χ1) is 12.1. The van der Waals surface area contributed by atoms with Gasteiger partial charge in [-0.3, -0.25) is 9.59 Å². The van der Waals surface area contributed by atoms with E-state index in [2.05, 4.69) is 10.6 Å². The number of amides is 1. The van der Waals surface area contributed by atoms with Crippen LogP contribution in [0.1, 0.15) is 38.9 Å². The van der Waals surface area contributed by atoms with Crippen molar-refractivity contribution in [3.8, 4) is 0 Å². The van der Waals surface area contributed by atoms with Crippen LogP contribution in [0.15, 0.2) is 66.9 Å². The van der Waals surface area contributed by atoms with Gasteiger partial charge in [0.25, 0.3) is 5.91 Å². The molecular weight excluding hydrogens is 312 g/mol. The number of ketones is 1. The van der Waals surface area contributed by atoms with Crippen molar-refractivity contribution >= 4 is 17.4 Å². The van der Waals surface area contributed by atoms with Crippen LogP contribution in [0, 0.1) is 0 Å². The third-order valence-electron chi connectivity index (χ3n) is 4.65.